The quantitative estimate of drug-likeness (QED) is 0.730. The summed E-state index contributed by atoms with van der Waals surface area (Å²) in [6.45, 7) is 2.53. The maximum Gasteiger partial charge on any atom is 0.338 e. The van der Waals surface area contributed by atoms with Gasteiger partial charge >= 0.3 is 5.97 Å². The molecule has 1 aliphatic rings. The second kappa shape index (κ2) is 9.56. The molecule has 1 heterocycles. The number of rotatable bonds is 7. The van der Waals surface area contributed by atoms with Gasteiger partial charge in [-0.2, -0.15) is 0 Å². The summed E-state index contributed by atoms with van der Waals surface area (Å²) < 4.78 is 4.80. The number of carbonyl (C=O) groups is 2. The lowest BCUT2D eigenvalue weighted by Gasteiger charge is -2.28. The van der Waals surface area contributed by atoms with Crippen LogP contribution in [-0.4, -0.2) is 57.6 Å². The van der Waals surface area contributed by atoms with Crippen LogP contribution in [0, 0.1) is 0 Å². The molecular weight excluding hydrogens is 366 g/mol. The van der Waals surface area contributed by atoms with E-state index in [1.165, 1.54) is 25.5 Å². The first-order valence-electron chi connectivity index (χ1n) is 9.98. The fourth-order valence-corrected chi connectivity index (χ4v) is 3.76. The number of nitrogens with zero attached hydrogens (tertiary/aromatic N) is 2. The van der Waals surface area contributed by atoms with E-state index in [-0.39, 0.29) is 17.5 Å². The molecule has 1 aliphatic heterocycles. The number of esters is 1. The van der Waals surface area contributed by atoms with Crippen LogP contribution in [-0.2, 0) is 4.74 Å². The zero-order valence-electron chi connectivity index (χ0n) is 17.4. The van der Waals surface area contributed by atoms with Crippen LogP contribution in [0.25, 0.3) is 0 Å². The van der Waals surface area contributed by atoms with E-state index in [2.05, 4.69) is 39.4 Å². The minimum atomic E-state index is -0.508. The molecule has 0 aromatic heterocycles. The molecule has 0 spiro atoms. The molecule has 1 amide bonds. The molecule has 0 radical (unpaired) electrons. The zero-order valence-corrected chi connectivity index (χ0v) is 17.4. The third-order valence-electron chi connectivity index (χ3n) is 5.41. The lowest BCUT2D eigenvalue weighted by molar-refractivity contribution is 0.0596. The average molecular weight is 396 g/mol. The predicted molar refractivity (Wildman–Crippen MR) is 114 cm³/mol. The molecule has 2 aromatic rings. The zero-order chi connectivity index (χ0) is 20.8. The summed E-state index contributed by atoms with van der Waals surface area (Å²) >= 11 is 0. The number of methoxy groups -OCH3 is 1. The van der Waals surface area contributed by atoms with Crippen molar-refractivity contribution in [2.45, 2.75) is 18.9 Å². The molecule has 29 heavy (non-hydrogen) atoms. The van der Waals surface area contributed by atoms with Crippen molar-refractivity contribution in [3.8, 4) is 0 Å². The SMILES string of the molecule is COC(=O)c1ccccc1C(=O)NC[C@H](c1ccc(N(C)C)cc1)N1CCCC1. The highest BCUT2D eigenvalue weighted by Crippen LogP contribution is 2.26. The number of likely N-dealkylation sites (tertiary alicyclic amines) is 1. The Morgan fingerprint density at radius 1 is 1.03 bits per heavy atom. The molecule has 1 N–H and O–H groups in total. The molecule has 1 atom stereocenters. The summed E-state index contributed by atoms with van der Waals surface area (Å²) in [5, 5.41) is 3.03. The number of hydrogen-bond donors (Lipinski definition) is 1. The van der Waals surface area contributed by atoms with Crippen LogP contribution in [0.2, 0.25) is 0 Å². The molecular formula is C23H29N3O3. The molecule has 1 saturated heterocycles. The van der Waals surface area contributed by atoms with E-state index in [0.717, 1.165) is 18.8 Å². The Bertz CT molecular complexity index is 843. The third kappa shape index (κ3) is 4.95. The van der Waals surface area contributed by atoms with Crippen molar-refractivity contribution < 1.29 is 14.3 Å². The predicted octanol–water partition coefficient (Wildman–Crippen LogP) is 3.11. The van der Waals surface area contributed by atoms with Crippen LogP contribution in [0.5, 0.6) is 0 Å². The minimum Gasteiger partial charge on any atom is -0.465 e. The number of nitrogens with one attached hydrogen (secondary N) is 1. The monoisotopic (exact) mass is 395 g/mol. The molecule has 0 aliphatic carbocycles. The highest BCUT2D eigenvalue weighted by molar-refractivity contribution is 6.05. The highest BCUT2D eigenvalue weighted by atomic mass is 16.5. The number of amides is 1. The minimum absolute atomic E-state index is 0.1000. The summed E-state index contributed by atoms with van der Waals surface area (Å²) in [6.07, 6.45) is 2.34. The van der Waals surface area contributed by atoms with Gasteiger partial charge in [0.15, 0.2) is 0 Å². The van der Waals surface area contributed by atoms with E-state index < -0.39 is 5.97 Å². The van der Waals surface area contributed by atoms with E-state index in [4.69, 9.17) is 4.74 Å². The van der Waals surface area contributed by atoms with Crippen LogP contribution >= 0.6 is 0 Å². The second-order valence-corrected chi connectivity index (χ2v) is 7.49. The van der Waals surface area contributed by atoms with Crippen molar-refractivity contribution in [1.29, 1.82) is 0 Å². The van der Waals surface area contributed by atoms with Crippen LogP contribution in [0.15, 0.2) is 48.5 Å². The Hall–Kier alpha value is -2.86. The topological polar surface area (TPSA) is 61.9 Å². The standard InChI is InChI=1S/C23H29N3O3/c1-25(2)18-12-10-17(11-13-18)21(26-14-6-7-15-26)16-24-22(27)19-8-4-5-9-20(19)23(28)29-3/h4-5,8-13,21H,6-7,14-16H2,1-3H3,(H,24,27)/t21-/m1/s1. The van der Waals surface area contributed by atoms with Crippen LogP contribution in [0.1, 0.15) is 45.2 Å². The first-order valence-corrected chi connectivity index (χ1v) is 9.98. The maximum absolute atomic E-state index is 12.8. The fourth-order valence-electron chi connectivity index (χ4n) is 3.76. The van der Waals surface area contributed by atoms with Crippen molar-refractivity contribution in [3.05, 3.63) is 65.2 Å². The van der Waals surface area contributed by atoms with Gasteiger partial charge in [-0.1, -0.05) is 24.3 Å². The van der Waals surface area contributed by atoms with E-state index in [0.29, 0.717) is 12.1 Å². The molecule has 0 bridgehead atoms. The average Bonchev–Trinajstić information content (AvgIpc) is 3.28. The van der Waals surface area contributed by atoms with Gasteiger partial charge in [0.2, 0.25) is 0 Å². The van der Waals surface area contributed by atoms with Gasteiger partial charge in [0.1, 0.15) is 0 Å². The molecule has 154 valence electrons. The highest BCUT2D eigenvalue weighted by Gasteiger charge is 2.25. The molecule has 2 aromatic carbocycles. The third-order valence-corrected chi connectivity index (χ3v) is 5.41. The molecule has 0 unspecified atom stereocenters. The first kappa shape index (κ1) is 20.9. The Morgan fingerprint density at radius 3 is 2.24 bits per heavy atom. The normalized spacial score (nSPS) is 15.0. The van der Waals surface area contributed by atoms with Gasteiger partial charge in [-0.15, -0.1) is 0 Å². The van der Waals surface area contributed by atoms with Gasteiger partial charge in [-0.05, 0) is 55.8 Å². The molecule has 6 nitrogen and oxygen atoms in total. The van der Waals surface area contributed by atoms with Gasteiger partial charge in [0.05, 0.1) is 24.3 Å². The van der Waals surface area contributed by atoms with Gasteiger partial charge < -0.3 is 15.0 Å². The number of hydrogen-bond acceptors (Lipinski definition) is 5. The van der Waals surface area contributed by atoms with E-state index in [1.807, 2.05) is 14.1 Å². The van der Waals surface area contributed by atoms with Gasteiger partial charge in [0.25, 0.3) is 5.91 Å². The van der Waals surface area contributed by atoms with Crippen LogP contribution < -0.4 is 10.2 Å². The Balaban J connectivity index is 1.77. The van der Waals surface area contributed by atoms with Crippen LogP contribution in [0.3, 0.4) is 0 Å². The molecule has 6 heteroatoms. The van der Waals surface area contributed by atoms with E-state index >= 15 is 0 Å². The smallest absolute Gasteiger partial charge is 0.338 e. The largest absolute Gasteiger partial charge is 0.465 e. The Kier molecular flexibility index (Phi) is 6.88. The summed E-state index contributed by atoms with van der Waals surface area (Å²) in [6, 6.07) is 15.3. The van der Waals surface area contributed by atoms with Crippen molar-refractivity contribution in [3.63, 3.8) is 0 Å². The maximum atomic E-state index is 12.8. The van der Waals surface area contributed by atoms with Crippen molar-refractivity contribution >= 4 is 17.6 Å². The van der Waals surface area contributed by atoms with E-state index in [1.54, 1.807) is 24.3 Å². The van der Waals surface area contributed by atoms with Gasteiger partial charge in [-0.25, -0.2) is 4.79 Å². The van der Waals surface area contributed by atoms with Crippen molar-refractivity contribution in [2.75, 3.05) is 45.7 Å². The summed E-state index contributed by atoms with van der Waals surface area (Å²) in [4.78, 5) is 29.3. The number of benzene rings is 2. The number of ether oxygens (including phenoxy) is 1. The number of carbonyl (C=O) groups excluding carboxylic acids is 2. The molecule has 1 fully saturated rings. The lowest BCUT2D eigenvalue weighted by Crippen LogP contribution is -2.37. The Morgan fingerprint density at radius 2 is 1.66 bits per heavy atom. The second-order valence-electron chi connectivity index (χ2n) is 7.49. The fraction of sp³-hybridized carbons (Fsp3) is 0.391. The summed E-state index contributed by atoms with van der Waals surface area (Å²) in [5.74, 6) is -0.772. The van der Waals surface area contributed by atoms with Crippen molar-refractivity contribution in [1.82, 2.24) is 10.2 Å². The van der Waals surface area contributed by atoms with Gasteiger partial charge in [0, 0.05) is 26.3 Å². The number of anilines is 1. The first-order chi connectivity index (χ1) is 14.0. The van der Waals surface area contributed by atoms with Crippen LogP contribution in [0.4, 0.5) is 5.69 Å². The van der Waals surface area contributed by atoms with Gasteiger partial charge in [-0.3, -0.25) is 9.69 Å². The molecule has 0 saturated carbocycles. The molecule has 3 rings (SSSR count). The summed E-state index contributed by atoms with van der Waals surface area (Å²) in [5.41, 5.74) is 2.94. The Labute approximate surface area is 172 Å². The van der Waals surface area contributed by atoms with E-state index in [9.17, 15) is 9.59 Å². The summed E-state index contributed by atoms with van der Waals surface area (Å²) in [7, 11) is 5.36. The lowest BCUT2D eigenvalue weighted by atomic mass is 10.0. The van der Waals surface area contributed by atoms with Crippen molar-refractivity contribution in [2.24, 2.45) is 0 Å².